The first-order valence-electron chi connectivity index (χ1n) is 4.56. The fraction of sp³-hybridized carbons (Fsp3) is 0.600. The quantitative estimate of drug-likeness (QED) is 0.817. The second-order valence-corrected chi connectivity index (χ2v) is 3.20. The highest BCUT2D eigenvalue weighted by atomic mass is 35.5. The van der Waals surface area contributed by atoms with Crippen molar-refractivity contribution < 1.29 is 4.42 Å². The predicted octanol–water partition coefficient (Wildman–Crippen LogP) is 3.20. The molecule has 1 aromatic heterocycles. The molecule has 0 aliphatic carbocycles. The van der Waals surface area contributed by atoms with Crippen molar-refractivity contribution in [2.75, 3.05) is 0 Å². The van der Waals surface area contributed by atoms with Crippen molar-refractivity contribution in [3.63, 3.8) is 0 Å². The second-order valence-electron chi connectivity index (χ2n) is 3.20. The standard InChI is InChI=1S/C10H17NO.ClH/c1-3-4-5-9(11)10-7-6-8(2)12-10;/h6-7,9H,3-5,11H2,1-2H3;1H. The first kappa shape index (κ1) is 12.5. The van der Waals surface area contributed by atoms with Crippen LogP contribution < -0.4 is 5.73 Å². The maximum atomic E-state index is 5.90. The summed E-state index contributed by atoms with van der Waals surface area (Å²) in [5, 5.41) is 0. The van der Waals surface area contributed by atoms with E-state index in [0.717, 1.165) is 17.9 Å². The average molecular weight is 204 g/mol. The molecule has 1 rings (SSSR count). The van der Waals surface area contributed by atoms with Crippen LogP contribution >= 0.6 is 12.4 Å². The van der Waals surface area contributed by atoms with Gasteiger partial charge in [0.2, 0.25) is 0 Å². The van der Waals surface area contributed by atoms with E-state index < -0.39 is 0 Å². The number of rotatable bonds is 4. The van der Waals surface area contributed by atoms with E-state index in [9.17, 15) is 0 Å². The summed E-state index contributed by atoms with van der Waals surface area (Å²) in [5.74, 6) is 1.86. The van der Waals surface area contributed by atoms with Crippen molar-refractivity contribution in [2.24, 2.45) is 5.73 Å². The van der Waals surface area contributed by atoms with Gasteiger partial charge in [0, 0.05) is 0 Å². The van der Waals surface area contributed by atoms with Crippen LogP contribution in [0.5, 0.6) is 0 Å². The summed E-state index contributed by atoms with van der Waals surface area (Å²) < 4.78 is 5.42. The summed E-state index contributed by atoms with van der Waals surface area (Å²) in [6.45, 7) is 4.11. The van der Waals surface area contributed by atoms with Crippen LogP contribution in [0.2, 0.25) is 0 Å². The fourth-order valence-electron chi connectivity index (χ4n) is 1.22. The third-order valence-electron chi connectivity index (χ3n) is 2.00. The zero-order valence-corrected chi connectivity index (χ0v) is 9.06. The van der Waals surface area contributed by atoms with Gasteiger partial charge in [0.1, 0.15) is 11.5 Å². The lowest BCUT2D eigenvalue weighted by atomic mass is 10.1. The Labute approximate surface area is 85.9 Å². The van der Waals surface area contributed by atoms with Gasteiger partial charge in [-0.05, 0) is 25.5 Å². The van der Waals surface area contributed by atoms with Crippen LogP contribution in [0.3, 0.4) is 0 Å². The lowest BCUT2D eigenvalue weighted by molar-refractivity contribution is 0.428. The molecule has 0 aromatic carbocycles. The molecule has 1 atom stereocenters. The molecule has 0 fully saturated rings. The third kappa shape index (κ3) is 3.83. The number of hydrogen-bond donors (Lipinski definition) is 1. The highest BCUT2D eigenvalue weighted by molar-refractivity contribution is 5.85. The molecule has 2 nitrogen and oxygen atoms in total. The minimum Gasteiger partial charge on any atom is -0.465 e. The number of aryl methyl sites for hydroxylation is 1. The van der Waals surface area contributed by atoms with Crippen molar-refractivity contribution in [3.05, 3.63) is 23.7 Å². The monoisotopic (exact) mass is 203 g/mol. The molecule has 0 aliphatic heterocycles. The van der Waals surface area contributed by atoms with Crippen LogP contribution in [0.4, 0.5) is 0 Å². The summed E-state index contributed by atoms with van der Waals surface area (Å²) in [6.07, 6.45) is 3.37. The largest absolute Gasteiger partial charge is 0.465 e. The Morgan fingerprint density at radius 2 is 2.15 bits per heavy atom. The van der Waals surface area contributed by atoms with Gasteiger partial charge < -0.3 is 10.2 Å². The number of halogens is 1. The summed E-state index contributed by atoms with van der Waals surface area (Å²) in [7, 11) is 0. The lowest BCUT2D eigenvalue weighted by Crippen LogP contribution is -2.08. The third-order valence-corrected chi connectivity index (χ3v) is 2.00. The molecule has 0 amide bonds. The molecular weight excluding hydrogens is 186 g/mol. The number of hydrogen-bond acceptors (Lipinski definition) is 2. The van der Waals surface area contributed by atoms with Gasteiger partial charge in [-0.1, -0.05) is 19.8 Å². The second kappa shape index (κ2) is 6.06. The molecule has 0 aliphatic rings. The summed E-state index contributed by atoms with van der Waals surface area (Å²) in [4.78, 5) is 0. The summed E-state index contributed by atoms with van der Waals surface area (Å²) in [5.41, 5.74) is 5.90. The maximum Gasteiger partial charge on any atom is 0.120 e. The van der Waals surface area contributed by atoms with Crippen LogP contribution in [-0.4, -0.2) is 0 Å². The van der Waals surface area contributed by atoms with Crippen LogP contribution in [0, 0.1) is 6.92 Å². The molecule has 1 unspecified atom stereocenters. The zero-order chi connectivity index (χ0) is 8.97. The minimum absolute atomic E-state index is 0. The Morgan fingerprint density at radius 3 is 2.62 bits per heavy atom. The molecule has 0 spiro atoms. The molecule has 1 heterocycles. The Hall–Kier alpha value is -0.470. The highest BCUT2D eigenvalue weighted by Gasteiger charge is 2.08. The lowest BCUT2D eigenvalue weighted by Gasteiger charge is -2.06. The Morgan fingerprint density at radius 1 is 1.46 bits per heavy atom. The fourth-order valence-corrected chi connectivity index (χ4v) is 1.22. The van der Waals surface area contributed by atoms with E-state index in [2.05, 4.69) is 6.92 Å². The predicted molar refractivity (Wildman–Crippen MR) is 57.1 cm³/mol. The Bertz CT molecular complexity index is 235. The molecule has 0 saturated carbocycles. The van der Waals surface area contributed by atoms with E-state index in [0.29, 0.717) is 0 Å². The van der Waals surface area contributed by atoms with Crippen molar-refractivity contribution in [1.29, 1.82) is 0 Å². The van der Waals surface area contributed by atoms with E-state index in [4.69, 9.17) is 10.2 Å². The summed E-state index contributed by atoms with van der Waals surface area (Å²) in [6, 6.07) is 4.01. The normalized spacial score (nSPS) is 12.2. The van der Waals surface area contributed by atoms with Crippen LogP contribution in [-0.2, 0) is 0 Å². The molecule has 1 aromatic rings. The van der Waals surface area contributed by atoms with Crippen LogP contribution in [0.25, 0.3) is 0 Å². The van der Waals surface area contributed by atoms with E-state index >= 15 is 0 Å². The maximum absolute atomic E-state index is 5.90. The van der Waals surface area contributed by atoms with E-state index in [1.54, 1.807) is 0 Å². The first-order chi connectivity index (χ1) is 5.74. The molecule has 2 N–H and O–H groups in total. The molecule has 3 heteroatoms. The van der Waals surface area contributed by atoms with Crippen LogP contribution in [0.15, 0.2) is 16.5 Å². The van der Waals surface area contributed by atoms with Gasteiger partial charge in [0.05, 0.1) is 6.04 Å². The minimum atomic E-state index is 0. The average Bonchev–Trinajstić information content (AvgIpc) is 2.47. The van der Waals surface area contributed by atoms with Crippen molar-refractivity contribution in [1.82, 2.24) is 0 Å². The highest BCUT2D eigenvalue weighted by Crippen LogP contribution is 2.18. The molecule has 13 heavy (non-hydrogen) atoms. The van der Waals surface area contributed by atoms with Gasteiger partial charge in [0.15, 0.2) is 0 Å². The smallest absolute Gasteiger partial charge is 0.120 e. The Balaban J connectivity index is 0.00000144. The number of furan rings is 1. The van der Waals surface area contributed by atoms with E-state index in [-0.39, 0.29) is 18.4 Å². The Kier molecular flexibility index (Phi) is 5.84. The molecule has 0 radical (unpaired) electrons. The van der Waals surface area contributed by atoms with Gasteiger partial charge in [0.25, 0.3) is 0 Å². The summed E-state index contributed by atoms with van der Waals surface area (Å²) >= 11 is 0. The zero-order valence-electron chi connectivity index (χ0n) is 8.25. The SMILES string of the molecule is CCCCC(N)c1ccc(C)o1.Cl. The van der Waals surface area contributed by atoms with Gasteiger partial charge in [-0.15, -0.1) is 12.4 Å². The van der Waals surface area contributed by atoms with Crippen LogP contribution in [0.1, 0.15) is 43.7 Å². The van der Waals surface area contributed by atoms with Crippen molar-refractivity contribution >= 4 is 12.4 Å². The molecular formula is C10H18ClNO. The number of nitrogens with two attached hydrogens (primary N) is 1. The van der Waals surface area contributed by atoms with Crippen molar-refractivity contribution in [2.45, 2.75) is 39.2 Å². The van der Waals surface area contributed by atoms with Crippen molar-refractivity contribution in [3.8, 4) is 0 Å². The number of unbranched alkanes of at least 4 members (excludes halogenated alkanes) is 1. The van der Waals surface area contributed by atoms with E-state index in [1.165, 1.54) is 12.8 Å². The molecule has 0 bridgehead atoms. The van der Waals surface area contributed by atoms with Gasteiger partial charge in [-0.2, -0.15) is 0 Å². The van der Waals surface area contributed by atoms with Gasteiger partial charge in [-0.25, -0.2) is 0 Å². The van der Waals surface area contributed by atoms with E-state index in [1.807, 2.05) is 19.1 Å². The molecule has 0 saturated heterocycles. The molecule has 76 valence electrons. The first-order valence-corrected chi connectivity index (χ1v) is 4.56. The van der Waals surface area contributed by atoms with Gasteiger partial charge >= 0.3 is 0 Å². The van der Waals surface area contributed by atoms with Gasteiger partial charge in [-0.3, -0.25) is 0 Å². The topological polar surface area (TPSA) is 39.2 Å².